The maximum absolute atomic E-state index is 13.0. The molecule has 10 heteroatoms. The molecule has 0 N–H and O–H groups in total. The second kappa shape index (κ2) is 9.97. The zero-order chi connectivity index (χ0) is 23.6. The Morgan fingerprint density at radius 1 is 0.939 bits per heavy atom. The predicted octanol–water partition coefficient (Wildman–Crippen LogP) is 2.01. The van der Waals surface area contributed by atoms with E-state index in [1.807, 2.05) is 32.0 Å². The first-order chi connectivity index (χ1) is 15.7. The van der Waals surface area contributed by atoms with Crippen LogP contribution in [0.3, 0.4) is 0 Å². The number of hydrogen-bond acceptors (Lipinski definition) is 6. The number of halogens is 1. The summed E-state index contributed by atoms with van der Waals surface area (Å²) >= 11 is 5.91. The summed E-state index contributed by atoms with van der Waals surface area (Å²) in [5, 5.41) is 0.616. The van der Waals surface area contributed by atoms with Crippen molar-refractivity contribution >= 4 is 33.3 Å². The van der Waals surface area contributed by atoms with Crippen LogP contribution in [0.2, 0.25) is 5.02 Å². The monoisotopic (exact) mass is 491 g/mol. The second-order valence-corrected chi connectivity index (χ2v) is 11.0. The van der Waals surface area contributed by atoms with Gasteiger partial charge in [0.25, 0.3) is 0 Å². The molecule has 1 aromatic heterocycles. The Labute approximate surface area is 200 Å². The highest BCUT2D eigenvalue weighted by Crippen LogP contribution is 2.21. The normalized spacial score (nSPS) is 18.5. The third-order valence-electron chi connectivity index (χ3n) is 6.47. The van der Waals surface area contributed by atoms with Gasteiger partial charge in [-0.25, -0.2) is 13.4 Å². The molecule has 0 aliphatic carbocycles. The highest BCUT2D eigenvalue weighted by atomic mass is 35.5. The van der Waals surface area contributed by atoms with Crippen molar-refractivity contribution in [2.75, 3.05) is 63.8 Å². The van der Waals surface area contributed by atoms with Gasteiger partial charge in [-0.1, -0.05) is 17.7 Å². The lowest BCUT2D eigenvalue weighted by Crippen LogP contribution is -2.54. The number of amides is 1. The van der Waals surface area contributed by atoms with Crippen molar-refractivity contribution < 1.29 is 13.2 Å². The lowest BCUT2D eigenvalue weighted by atomic mass is 10.1. The summed E-state index contributed by atoms with van der Waals surface area (Å²) in [6.45, 7) is 8.83. The molecule has 2 aromatic rings. The van der Waals surface area contributed by atoms with Gasteiger partial charge in [-0.05, 0) is 49.2 Å². The molecule has 1 aromatic carbocycles. The number of piperazine rings is 2. The summed E-state index contributed by atoms with van der Waals surface area (Å²) in [4.78, 5) is 23.6. The summed E-state index contributed by atoms with van der Waals surface area (Å²) in [6, 6.07) is 8.97. The summed E-state index contributed by atoms with van der Waals surface area (Å²) in [7, 11) is -3.55. The molecule has 2 fully saturated rings. The smallest absolute Gasteiger partial charge is 0.243 e. The van der Waals surface area contributed by atoms with E-state index in [9.17, 15) is 13.2 Å². The average Bonchev–Trinajstić information content (AvgIpc) is 2.82. The fourth-order valence-corrected chi connectivity index (χ4v) is 5.80. The van der Waals surface area contributed by atoms with Crippen LogP contribution in [-0.4, -0.2) is 92.3 Å². The molecule has 2 aliphatic rings. The van der Waals surface area contributed by atoms with Gasteiger partial charge >= 0.3 is 0 Å². The van der Waals surface area contributed by atoms with Gasteiger partial charge in [-0.2, -0.15) is 4.31 Å². The van der Waals surface area contributed by atoms with Crippen molar-refractivity contribution in [1.82, 2.24) is 19.1 Å². The van der Waals surface area contributed by atoms with Crippen LogP contribution in [0.25, 0.3) is 0 Å². The molecule has 178 valence electrons. The average molecular weight is 492 g/mol. The standard InChI is InChI=1S/C23H30ClN5O3S/c1-18-3-5-21(15-19(18)2)33(31,32)29-13-11-28(12-14-29)23(30)17-26-7-9-27(10-8-26)22-6-4-20(24)16-25-22/h3-6,15-16H,7-14,17H2,1-2H3. The van der Waals surface area contributed by atoms with Gasteiger partial charge in [0.05, 0.1) is 16.5 Å². The zero-order valence-corrected chi connectivity index (χ0v) is 20.6. The number of aryl methyl sites for hydroxylation is 2. The van der Waals surface area contributed by atoms with Crippen LogP contribution in [-0.2, 0) is 14.8 Å². The molecular formula is C23H30ClN5O3S. The molecule has 0 unspecified atom stereocenters. The van der Waals surface area contributed by atoms with E-state index in [1.165, 1.54) is 4.31 Å². The SMILES string of the molecule is Cc1ccc(S(=O)(=O)N2CCN(C(=O)CN3CCN(c4ccc(Cl)cn4)CC3)CC2)cc1C. The molecule has 0 atom stereocenters. The van der Waals surface area contributed by atoms with E-state index < -0.39 is 10.0 Å². The molecule has 0 radical (unpaired) electrons. The van der Waals surface area contributed by atoms with E-state index in [1.54, 1.807) is 23.2 Å². The number of pyridine rings is 1. The summed E-state index contributed by atoms with van der Waals surface area (Å²) in [5.41, 5.74) is 2.02. The van der Waals surface area contributed by atoms with Gasteiger partial charge in [0.2, 0.25) is 15.9 Å². The van der Waals surface area contributed by atoms with Gasteiger partial charge in [-0.3, -0.25) is 9.69 Å². The predicted molar refractivity (Wildman–Crippen MR) is 129 cm³/mol. The first-order valence-electron chi connectivity index (χ1n) is 11.2. The fraction of sp³-hybridized carbons (Fsp3) is 0.478. The van der Waals surface area contributed by atoms with Crippen molar-refractivity contribution in [2.45, 2.75) is 18.7 Å². The van der Waals surface area contributed by atoms with E-state index in [-0.39, 0.29) is 5.91 Å². The van der Waals surface area contributed by atoms with Gasteiger partial charge in [0, 0.05) is 58.6 Å². The third kappa shape index (κ3) is 5.48. The van der Waals surface area contributed by atoms with Crippen LogP contribution in [0.5, 0.6) is 0 Å². The molecule has 0 bridgehead atoms. The molecule has 3 heterocycles. The van der Waals surface area contributed by atoms with Crippen molar-refractivity contribution in [2.24, 2.45) is 0 Å². The summed E-state index contributed by atoms with van der Waals surface area (Å²) in [6.07, 6.45) is 1.65. The summed E-state index contributed by atoms with van der Waals surface area (Å²) in [5.74, 6) is 0.947. The third-order valence-corrected chi connectivity index (χ3v) is 8.59. The second-order valence-electron chi connectivity index (χ2n) is 8.63. The van der Waals surface area contributed by atoms with E-state index in [4.69, 9.17) is 11.6 Å². The number of nitrogens with zero attached hydrogens (tertiary/aromatic N) is 5. The van der Waals surface area contributed by atoms with E-state index in [0.717, 1.165) is 43.1 Å². The highest BCUT2D eigenvalue weighted by Gasteiger charge is 2.31. The Morgan fingerprint density at radius 2 is 1.64 bits per heavy atom. The van der Waals surface area contributed by atoms with Gasteiger partial charge in [0.15, 0.2) is 0 Å². The van der Waals surface area contributed by atoms with E-state index in [0.29, 0.717) is 42.6 Å². The Hall–Kier alpha value is -2.20. The highest BCUT2D eigenvalue weighted by molar-refractivity contribution is 7.89. The van der Waals surface area contributed by atoms with Gasteiger partial charge in [-0.15, -0.1) is 0 Å². The molecule has 0 spiro atoms. The number of hydrogen-bond donors (Lipinski definition) is 0. The van der Waals surface area contributed by atoms with Crippen molar-refractivity contribution in [3.63, 3.8) is 0 Å². The number of anilines is 1. The van der Waals surface area contributed by atoms with Gasteiger partial charge < -0.3 is 9.80 Å². The minimum Gasteiger partial charge on any atom is -0.354 e. The topological polar surface area (TPSA) is 77.1 Å². The molecule has 2 aliphatic heterocycles. The Balaban J connectivity index is 1.26. The minimum atomic E-state index is -3.55. The lowest BCUT2D eigenvalue weighted by Gasteiger charge is -2.38. The first-order valence-corrected chi connectivity index (χ1v) is 13.0. The number of sulfonamides is 1. The molecule has 8 nitrogen and oxygen atoms in total. The van der Waals surface area contributed by atoms with Crippen LogP contribution in [0, 0.1) is 13.8 Å². The van der Waals surface area contributed by atoms with E-state index >= 15 is 0 Å². The number of rotatable bonds is 5. The number of carbonyl (C=O) groups is 1. The van der Waals surface area contributed by atoms with Crippen molar-refractivity contribution in [3.05, 3.63) is 52.7 Å². The zero-order valence-electron chi connectivity index (χ0n) is 19.1. The van der Waals surface area contributed by atoms with Crippen LogP contribution in [0.15, 0.2) is 41.4 Å². The van der Waals surface area contributed by atoms with Crippen LogP contribution >= 0.6 is 11.6 Å². The fourth-order valence-electron chi connectivity index (χ4n) is 4.18. The molecule has 2 saturated heterocycles. The molecule has 0 saturated carbocycles. The maximum Gasteiger partial charge on any atom is 0.243 e. The van der Waals surface area contributed by atoms with Gasteiger partial charge in [0.1, 0.15) is 5.82 Å². The Morgan fingerprint density at radius 3 is 2.24 bits per heavy atom. The van der Waals surface area contributed by atoms with Crippen molar-refractivity contribution in [1.29, 1.82) is 0 Å². The first kappa shape index (κ1) is 23.9. The quantitative estimate of drug-likeness (QED) is 0.636. The molecule has 33 heavy (non-hydrogen) atoms. The van der Waals surface area contributed by atoms with E-state index in [2.05, 4.69) is 14.8 Å². The number of benzene rings is 1. The maximum atomic E-state index is 13.0. The summed E-state index contributed by atoms with van der Waals surface area (Å²) < 4.78 is 27.5. The Bertz CT molecular complexity index is 1090. The number of aromatic nitrogens is 1. The number of carbonyl (C=O) groups excluding carboxylic acids is 1. The van der Waals surface area contributed by atoms with Crippen LogP contribution in [0.1, 0.15) is 11.1 Å². The van der Waals surface area contributed by atoms with Crippen LogP contribution < -0.4 is 4.90 Å². The molecular weight excluding hydrogens is 462 g/mol. The largest absolute Gasteiger partial charge is 0.354 e. The van der Waals surface area contributed by atoms with Crippen molar-refractivity contribution in [3.8, 4) is 0 Å². The Kier molecular flexibility index (Phi) is 7.23. The molecule has 4 rings (SSSR count). The molecule has 1 amide bonds. The lowest BCUT2D eigenvalue weighted by molar-refractivity contribution is -0.133. The minimum absolute atomic E-state index is 0.0521. The van der Waals surface area contributed by atoms with Crippen LogP contribution in [0.4, 0.5) is 5.82 Å².